The zero-order chi connectivity index (χ0) is 18.8. The van der Waals surface area contributed by atoms with Gasteiger partial charge in [-0.25, -0.2) is 0 Å². The fraction of sp³-hybridized carbons (Fsp3) is 0.158. The Morgan fingerprint density at radius 3 is 2.74 bits per heavy atom. The number of aromatic amines is 1. The van der Waals surface area contributed by atoms with E-state index in [0.717, 1.165) is 16.6 Å². The van der Waals surface area contributed by atoms with E-state index in [0.29, 0.717) is 28.7 Å². The van der Waals surface area contributed by atoms with E-state index in [1.165, 1.54) is 0 Å². The quantitative estimate of drug-likeness (QED) is 0.563. The van der Waals surface area contributed by atoms with E-state index in [4.69, 9.17) is 9.26 Å². The molecule has 2 aromatic carbocycles. The van der Waals surface area contributed by atoms with Crippen LogP contribution in [-0.4, -0.2) is 26.2 Å². The van der Waals surface area contributed by atoms with E-state index in [1.54, 1.807) is 43.3 Å². The lowest BCUT2D eigenvalue weighted by molar-refractivity contribution is 0.102. The highest BCUT2D eigenvalue weighted by Gasteiger charge is 2.10. The van der Waals surface area contributed by atoms with Crippen molar-refractivity contribution in [1.29, 1.82) is 0 Å². The Morgan fingerprint density at radius 2 is 2.00 bits per heavy atom. The largest absolute Gasteiger partial charge is 0.484 e. The lowest BCUT2D eigenvalue weighted by Crippen LogP contribution is -2.11. The summed E-state index contributed by atoms with van der Waals surface area (Å²) >= 11 is 0. The number of H-pyrrole nitrogens is 1. The van der Waals surface area contributed by atoms with Crippen LogP contribution in [-0.2, 0) is 6.61 Å². The molecule has 4 rings (SSSR count). The van der Waals surface area contributed by atoms with Gasteiger partial charge in [0.2, 0.25) is 0 Å². The number of nitrogens with zero attached hydrogens (tertiary/aromatic N) is 3. The number of ether oxygens (including phenoxy) is 1. The predicted molar refractivity (Wildman–Crippen MR) is 98.6 cm³/mol. The molecule has 0 aliphatic rings. The number of amides is 1. The molecule has 0 fully saturated rings. The van der Waals surface area contributed by atoms with Crippen LogP contribution >= 0.6 is 0 Å². The van der Waals surface area contributed by atoms with Gasteiger partial charge >= 0.3 is 0 Å². The molecule has 2 heterocycles. The summed E-state index contributed by atoms with van der Waals surface area (Å²) in [5.41, 5.74) is 2.95. The van der Waals surface area contributed by atoms with Gasteiger partial charge in [-0.05, 0) is 50.2 Å². The smallest absolute Gasteiger partial charge is 0.264 e. The molecule has 0 saturated heterocycles. The molecule has 0 bridgehead atoms. The third-order valence-electron chi connectivity index (χ3n) is 4.05. The first-order valence-corrected chi connectivity index (χ1v) is 8.36. The van der Waals surface area contributed by atoms with Gasteiger partial charge in [0.1, 0.15) is 5.75 Å². The first-order valence-electron chi connectivity index (χ1n) is 8.36. The van der Waals surface area contributed by atoms with Gasteiger partial charge in [-0.2, -0.15) is 10.1 Å². The molecule has 0 radical (unpaired) electrons. The van der Waals surface area contributed by atoms with Crippen molar-refractivity contribution in [3.8, 4) is 5.75 Å². The second kappa shape index (κ2) is 6.91. The maximum Gasteiger partial charge on any atom is 0.264 e. The molecule has 0 aliphatic heterocycles. The summed E-state index contributed by atoms with van der Waals surface area (Å²) in [4.78, 5) is 16.5. The topological polar surface area (TPSA) is 106 Å². The number of benzene rings is 2. The number of aryl methyl sites for hydroxylation is 2. The summed E-state index contributed by atoms with van der Waals surface area (Å²) in [5, 5.41) is 14.7. The van der Waals surface area contributed by atoms with E-state index in [9.17, 15) is 4.79 Å². The Morgan fingerprint density at radius 1 is 1.19 bits per heavy atom. The van der Waals surface area contributed by atoms with Gasteiger partial charge in [-0.3, -0.25) is 9.89 Å². The van der Waals surface area contributed by atoms with E-state index in [-0.39, 0.29) is 12.5 Å². The number of rotatable bonds is 5. The zero-order valence-corrected chi connectivity index (χ0v) is 14.8. The van der Waals surface area contributed by atoms with Crippen molar-refractivity contribution in [3.05, 3.63) is 65.4 Å². The van der Waals surface area contributed by atoms with E-state index in [2.05, 4.69) is 25.7 Å². The van der Waals surface area contributed by atoms with Crippen molar-refractivity contribution in [1.82, 2.24) is 20.3 Å². The third-order valence-corrected chi connectivity index (χ3v) is 4.05. The Kier molecular flexibility index (Phi) is 4.29. The first-order chi connectivity index (χ1) is 13.1. The van der Waals surface area contributed by atoms with Crippen molar-refractivity contribution < 1.29 is 14.1 Å². The van der Waals surface area contributed by atoms with Crippen molar-refractivity contribution in [3.63, 3.8) is 0 Å². The highest BCUT2D eigenvalue weighted by molar-refractivity contribution is 6.06. The number of nitrogens with one attached hydrogen (secondary N) is 2. The Labute approximate surface area is 154 Å². The number of carbonyl (C=O) groups excluding carboxylic acids is 1. The fourth-order valence-corrected chi connectivity index (χ4v) is 2.67. The molecule has 2 N–H and O–H groups in total. The number of carbonyl (C=O) groups is 1. The molecule has 0 atom stereocenters. The third kappa shape index (κ3) is 3.64. The van der Waals surface area contributed by atoms with E-state index >= 15 is 0 Å². The Balaban J connectivity index is 1.40. The molecule has 0 saturated carbocycles. The van der Waals surface area contributed by atoms with Crippen LogP contribution in [0.4, 0.5) is 5.69 Å². The summed E-state index contributed by atoms with van der Waals surface area (Å²) in [6, 6.07) is 12.5. The predicted octanol–water partition coefficient (Wildman–Crippen LogP) is 3.39. The first kappa shape index (κ1) is 16.8. The van der Waals surface area contributed by atoms with Gasteiger partial charge in [0, 0.05) is 22.3 Å². The molecule has 0 spiro atoms. The van der Waals surface area contributed by atoms with Gasteiger partial charge in [-0.1, -0.05) is 11.2 Å². The minimum atomic E-state index is -0.201. The van der Waals surface area contributed by atoms with Gasteiger partial charge < -0.3 is 14.6 Å². The molecule has 0 unspecified atom stereocenters. The summed E-state index contributed by atoms with van der Waals surface area (Å²) in [5.74, 6) is 1.41. The normalized spacial score (nSPS) is 10.9. The Bertz CT molecular complexity index is 1100. The number of aromatic nitrogens is 4. The second-order valence-electron chi connectivity index (χ2n) is 6.08. The van der Waals surface area contributed by atoms with Crippen molar-refractivity contribution >= 4 is 22.5 Å². The SMILES string of the molecule is Cc1noc(COc2ccc(NC(=O)c3ccc4c(C)[nH]nc4c3)cc2)n1. The number of hydrogen-bond donors (Lipinski definition) is 2. The van der Waals surface area contributed by atoms with Crippen LogP contribution in [0.1, 0.15) is 27.8 Å². The van der Waals surface area contributed by atoms with Crippen LogP contribution < -0.4 is 10.1 Å². The molecule has 4 aromatic rings. The van der Waals surface area contributed by atoms with Crippen LogP contribution in [0.15, 0.2) is 47.0 Å². The molecular formula is C19H17N5O3. The van der Waals surface area contributed by atoms with E-state index < -0.39 is 0 Å². The number of fused-ring (bicyclic) bond motifs is 1. The van der Waals surface area contributed by atoms with Gasteiger partial charge in [0.15, 0.2) is 12.4 Å². The monoisotopic (exact) mass is 363 g/mol. The van der Waals surface area contributed by atoms with Gasteiger partial charge in [0.25, 0.3) is 11.8 Å². The van der Waals surface area contributed by atoms with Crippen molar-refractivity contribution in [2.45, 2.75) is 20.5 Å². The molecule has 1 amide bonds. The van der Waals surface area contributed by atoms with Crippen molar-refractivity contribution in [2.24, 2.45) is 0 Å². The zero-order valence-electron chi connectivity index (χ0n) is 14.8. The molecule has 2 aromatic heterocycles. The summed E-state index contributed by atoms with van der Waals surface area (Å²) in [7, 11) is 0. The lowest BCUT2D eigenvalue weighted by Gasteiger charge is -2.07. The van der Waals surface area contributed by atoms with Crippen LogP contribution in [0.3, 0.4) is 0 Å². The van der Waals surface area contributed by atoms with Crippen LogP contribution in [0.5, 0.6) is 5.75 Å². The maximum atomic E-state index is 12.5. The minimum Gasteiger partial charge on any atom is -0.484 e. The number of hydrogen-bond acceptors (Lipinski definition) is 6. The van der Waals surface area contributed by atoms with Crippen LogP contribution in [0.25, 0.3) is 10.9 Å². The van der Waals surface area contributed by atoms with Crippen LogP contribution in [0.2, 0.25) is 0 Å². The van der Waals surface area contributed by atoms with Crippen molar-refractivity contribution in [2.75, 3.05) is 5.32 Å². The average Bonchev–Trinajstić information content (AvgIpc) is 3.26. The molecule has 0 aliphatic carbocycles. The fourth-order valence-electron chi connectivity index (χ4n) is 2.67. The van der Waals surface area contributed by atoms with E-state index in [1.807, 2.05) is 13.0 Å². The maximum absolute atomic E-state index is 12.5. The van der Waals surface area contributed by atoms with Gasteiger partial charge in [-0.15, -0.1) is 0 Å². The highest BCUT2D eigenvalue weighted by Crippen LogP contribution is 2.20. The highest BCUT2D eigenvalue weighted by atomic mass is 16.5. The molecule has 136 valence electrons. The Hall–Kier alpha value is -3.68. The number of anilines is 1. The second-order valence-corrected chi connectivity index (χ2v) is 6.08. The van der Waals surface area contributed by atoms with Gasteiger partial charge in [0.05, 0.1) is 5.52 Å². The standard InChI is InChI=1S/C19H17N5O3/c1-11-16-8-3-13(9-17(16)23-22-11)19(25)21-14-4-6-15(7-5-14)26-10-18-20-12(2)24-27-18/h3-9H,10H2,1-2H3,(H,21,25)(H,22,23). The minimum absolute atomic E-state index is 0.190. The molecule has 8 heteroatoms. The molecule has 8 nitrogen and oxygen atoms in total. The van der Waals surface area contributed by atoms with Crippen LogP contribution in [0, 0.1) is 13.8 Å². The summed E-state index contributed by atoms with van der Waals surface area (Å²) < 4.78 is 10.6. The lowest BCUT2D eigenvalue weighted by atomic mass is 10.1. The summed E-state index contributed by atoms with van der Waals surface area (Å²) in [6.07, 6.45) is 0. The molecule has 27 heavy (non-hydrogen) atoms. The average molecular weight is 363 g/mol. The summed E-state index contributed by atoms with van der Waals surface area (Å²) in [6.45, 7) is 3.88. The molecular weight excluding hydrogens is 346 g/mol.